The van der Waals surface area contributed by atoms with Crippen LogP contribution in [0.25, 0.3) is 0 Å². The molecule has 0 saturated carbocycles. The highest BCUT2D eigenvalue weighted by atomic mass is 35.5. The first-order chi connectivity index (χ1) is 8.97. The molecule has 0 bridgehead atoms. The maximum absolute atomic E-state index is 11.8. The lowest BCUT2D eigenvalue weighted by Gasteiger charge is -2.11. The fraction of sp³-hybridized carbons (Fsp3) is 0.385. The normalized spacial score (nSPS) is 18.2. The third-order valence-corrected chi connectivity index (χ3v) is 3.38. The van der Waals surface area contributed by atoms with E-state index in [2.05, 4.69) is 10.5 Å². The van der Waals surface area contributed by atoms with E-state index in [9.17, 15) is 4.79 Å². The first kappa shape index (κ1) is 14.2. The molecule has 1 aliphatic heterocycles. The summed E-state index contributed by atoms with van der Waals surface area (Å²) in [6, 6.07) is 5.29. The van der Waals surface area contributed by atoms with Crippen LogP contribution in [0, 0.1) is 0 Å². The van der Waals surface area contributed by atoms with E-state index in [4.69, 9.17) is 28.0 Å². The molecule has 0 aliphatic carbocycles. The second-order valence-electron chi connectivity index (χ2n) is 4.63. The van der Waals surface area contributed by atoms with Crippen molar-refractivity contribution in [3.63, 3.8) is 0 Å². The van der Waals surface area contributed by atoms with E-state index < -0.39 is 6.10 Å². The van der Waals surface area contributed by atoms with Gasteiger partial charge in [0.15, 0.2) is 0 Å². The predicted molar refractivity (Wildman–Crippen MR) is 75.8 cm³/mol. The summed E-state index contributed by atoms with van der Waals surface area (Å²) in [7, 11) is 0. The standard InChI is InChI=1S/C13H14Cl2N2O2/c1-7(2)16-13(18)12-6-11(17-19-12)8-3-4-9(14)10(15)5-8/h3-5,7,12H,6H2,1-2H3,(H,16,18)/t12-/m0/s1. The van der Waals surface area contributed by atoms with Gasteiger partial charge in [0.05, 0.1) is 15.8 Å². The van der Waals surface area contributed by atoms with Crippen molar-refractivity contribution < 1.29 is 9.63 Å². The minimum atomic E-state index is -0.577. The Morgan fingerprint density at radius 1 is 1.42 bits per heavy atom. The molecule has 1 N–H and O–H groups in total. The van der Waals surface area contributed by atoms with Crippen molar-refractivity contribution >= 4 is 34.8 Å². The maximum Gasteiger partial charge on any atom is 0.264 e. The van der Waals surface area contributed by atoms with Gasteiger partial charge in [0.1, 0.15) is 0 Å². The van der Waals surface area contributed by atoms with Crippen LogP contribution in [0.4, 0.5) is 0 Å². The van der Waals surface area contributed by atoms with Crippen molar-refractivity contribution in [2.24, 2.45) is 5.16 Å². The lowest BCUT2D eigenvalue weighted by atomic mass is 10.0. The molecule has 1 aromatic carbocycles. The highest BCUT2D eigenvalue weighted by Crippen LogP contribution is 2.25. The van der Waals surface area contributed by atoms with Crippen LogP contribution in [0.1, 0.15) is 25.8 Å². The molecule has 0 aromatic heterocycles. The van der Waals surface area contributed by atoms with Crippen molar-refractivity contribution in [2.75, 3.05) is 0 Å². The second-order valence-corrected chi connectivity index (χ2v) is 5.44. The molecule has 1 aliphatic rings. The molecular weight excluding hydrogens is 287 g/mol. The summed E-state index contributed by atoms with van der Waals surface area (Å²) in [5.74, 6) is -0.159. The molecule has 4 nitrogen and oxygen atoms in total. The van der Waals surface area contributed by atoms with E-state index in [0.717, 1.165) is 5.56 Å². The SMILES string of the molecule is CC(C)NC(=O)[C@@H]1CC(c2ccc(Cl)c(Cl)c2)=NO1. The fourth-order valence-electron chi connectivity index (χ4n) is 1.74. The summed E-state index contributed by atoms with van der Waals surface area (Å²) < 4.78 is 0. The third kappa shape index (κ3) is 3.39. The van der Waals surface area contributed by atoms with E-state index in [1.807, 2.05) is 13.8 Å². The zero-order chi connectivity index (χ0) is 14.0. The lowest BCUT2D eigenvalue weighted by molar-refractivity contribution is -0.131. The molecule has 2 rings (SSSR count). The number of rotatable bonds is 3. The van der Waals surface area contributed by atoms with Gasteiger partial charge >= 0.3 is 0 Å². The van der Waals surface area contributed by atoms with E-state index in [0.29, 0.717) is 22.2 Å². The molecule has 1 heterocycles. The third-order valence-electron chi connectivity index (χ3n) is 2.65. The van der Waals surface area contributed by atoms with Crippen molar-refractivity contribution in [1.82, 2.24) is 5.32 Å². The summed E-state index contributed by atoms with van der Waals surface area (Å²) in [4.78, 5) is 16.9. The number of nitrogens with one attached hydrogen (secondary N) is 1. The molecule has 0 saturated heterocycles. The number of amides is 1. The maximum atomic E-state index is 11.8. The smallest absolute Gasteiger partial charge is 0.264 e. The molecule has 6 heteroatoms. The van der Waals surface area contributed by atoms with Crippen LogP contribution >= 0.6 is 23.2 Å². The number of hydrogen-bond donors (Lipinski definition) is 1. The Hall–Kier alpha value is -1.26. The van der Waals surface area contributed by atoms with Crippen LogP contribution in [-0.2, 0) is 9.63 Å². The quantitative estimate of drug-likeness (QED) is 0.933. The van der Waals surface area contributed by atoms with Gasteiger partial charge in [0.25, 0.3) is 5.91 Å². The highest BCUT2D eigenvalue weighted by Gasteiger charge is 2.29. The number of hydrogen-bond acceptors (Lipinski definition) is 3. The molecule has 1 aromatic rings. The van der Waals surface area contributed by atoms with Crippen LogP contribution in [-0.4, -0.2) is 23.8 Å². The average Bonchev–Trinajstić information content (AvgIpc) is 2.81. The number of carbonyl (C=O) groups is 1. The highest BCUT2D eigenvalue weighted by molar-refractivity contribution is 6.42. The fourth-order valence-corrected chi connectivity index (χ4v) is 2.04. The predicted octanol–water partition coefficient (Wildman–Crippen LogP) is 3.01. The molecule has 19 heavy (non-hydrogen) atoms. The molecular formula is C13H14Cl2N2O2. The average molecular weight is 301 g/mol. The number of halogens is 2. The minimum Gasteiger partial charge on any atom is -0.382 e. The van der Waals surface area contributed by atoms with Gasteiger partial charge in [-0.25, -0.2) is 0 Å². The van der Waals surface area contributed by atoms with E-state index in [1.165, 1.54) is 0 Å². The molecule has 102 valence electrons. The summed E-state index contributed by atoms with van der Waals surface area (Å²) in [5.41, 5.74) is 1.51. The monoisotopic (exact) mass is 300 g/mol. The minimum absolute atomic E-state index is 0.0742. The van der Waals surface area contributed by atoms with Crippen molar-refractivity contribution in [3.05, 3.63) is 33.8 Å². The van der Waals surface area contributed by atoms with Crippen LogP contribution in [0.2, 0.25) is 10.0 Å². The zero-order valence-corrected chi connectivity index (χ0v) is 12.1. The van der Waals surface area contributed by atoms with E-state index in [1.54, 1.807) is 18.2 Å². The lowest BCUT2D eigenvalue weighted by Crippen LogP contribution is -2.38. The number of nitrogens with zero attached hydrogens (tertiary/aromatic N) is 1. The first-order valence-corrected chi connectivity index (χ1v) is 6.71. The Morgan fingerprint density at radius 2 is 2.16 bits per heavy atom. The van der Waals surface area contributed by atoms with Crippen molar-refractivity contribution in [1.29, 1.82) is 0 Å². The molecule has 1 amide bonds. The van der Waals surface area contributed by atoms with Gasteiger partial charge in [-0.05, 0) is 26.0 Å². The molecule has 0 spiro atoms. The van der Waals surface area contributed by atoms with Gasteiger partial charge in [0, 0.05) is 18.0 Å². The van der Waals surface area contributed by atoms with Crippen LogP contribution < -0.4 is 5.32 Å². The van der Waals surface area contributed by atoms with Crippen LogP contribution in [0.3, 0.4) is 0 Å². The van der Waals surface area contributed by atoms with Crippen LogP contribution in [0.15, 0.2) is 23.4 Å². The van der Waals surface area contributed by atoms with Gasteiger partial charge in [-0.15, -0.1) is 0 Å². The molecule has 0 unspecified atom stereocenters. The summed E-state index contributed by atoms with van der Waals surface area (Å²) in [5, 5.41) is 7.67. The zero-order valence-electron chi connectivity index (χ0n) is 10.6. The number of carbonyl (C=O) groups excluding carboxylic acids is 1. The summed E-state index contributed by atoms with van der Waals surface area (Å²) in [6.45, 7) is 3.79. The Labute approximate surface area is 121 Å². The first-order valence-electron chi connectivity index (χ1n) is 5.96. The van der Waals surface area contributed by atoms with Gasteiger partial charge in [-0.3, -0.25) is 4.79 Å². The van der Waals surface area contributed by atoms with Gasteiger partial charge in [0.2, 0.25) is 6.10 Å². The largest absolute Gasteiger partial charge is 0.382 e. The number of oxime groups is 1. The molecule has 0 fully saturated rings. The van der Waals surface area contributed by atoms with Gasteiger partial charge < -0.3 is 10.2 Å². The van der Waals surface area contributed by atoms with Gasteiger partial charge in [-0.1, -0.05) is 34.4 Å². The van der Waals surface area contributed by atoms with Crippen molar-refractivity contribution in [2.45, 2.75) is 32.4 Å². The molecule has 1 atom stereocenters. The second kappa shape index (κ2) is 5.80. The Balaban J connectivity index is 2.05. The Kier molecular flexibility index (Phi) is 4.32. The topological polar surface area (TPSA) is 50.7 Å². The Morgan fingerprint density at radius 3 is 2.79 bits per heavy atom. The summed E-state index contributed by atoms with van der Waals surface area (Å²) in [6.07, 6.45) is -0.150. The van der Waals surface area contributed by atoms with Crippen LogP contribution in [0.5, 0.6) is 0 Å². The number of benzene rings is 1. The van der Waals surface area contributed by atoms with E-state index >= 15 is 0 Å². The Bertz CT molecular complexity index is 529. The summed E-state index contributed by atoms with van der Waals surface area (Å²) >= 11 is 11.8. The van der Waals surface area contributed by atoms with Gasteiger partial charge in [-0.2, -0.15) is 0 Å². The molecule has 0 radical (unpaired) electrons. The van der Waals surface area contributed by atoms with E-state index in [-0.39, 0.29) is 11.9 Å². The van der Waals surface area contributed by atoms with Crippen molar-refractivity contribution in [3.8, 4) is 0 Å².